The SMILES string of the molecule is O=C(c1ccc(-c2ccccn2)s1)N1CCC[C@H](c2nc(-c3ccc(F)cc3)no2)C1. The fraction of sp³-hybridized carbons (Fsp3) is 0.217. The van der Waals surface area contributed by atoms with E-state index in [0.29, 0.717) is 35.2 Å². The van der Waals surface area contributed by atoms with Gasteiger partial charge >= 0.3 is 0 Å². The van der Waals surface area contributed by atoms with Gasteiger partial charge in [-0.25, -0.2) is 4.39 Å². The van der Waals surface area contributed by atoms with Gasteiger partial charge in [0.2, 0.25) is 11.7 Å². The molecule has 3 aromatic heterocycles. The summed E-state index contributed by atoms with van der Waals surface area (Å²) in [6, 6.07) is 15.5. The van der Waals surface area contributed by atoms with Crippen LogP contribution in [-0.4, -0.2) is 39.0 Å². The molecule has 8 heteroatoms. The molecule has 0 N–H and O–H groups in total. The molecule has 1 atom stereocenters. The normalized spacial score (nSPS) is 16.4. The number of amides is 1. The van der Waals surface area contributed by atoms with Crippen molar-refractivity contribution in [2.45, 2.75) is 18.8 Å². The molecule has 1 aromatic carbocycles. The summed E-state index contributed by atoms with van der Waals surface area (Å²) in [7, 11) is 0. The summed E-state index contributed by atoms with van der Waals surface area (Å²) in [5.41, 5.74) is 1.56. The maximum Gasteiger partial charge on any atom is 0.263 e. The number of likely N-dealkylation sites (tertiary alicyclic amines) is 1. The van der Waals surface area contributed by atoms with Crippen LogP contribution < -0.4 is 0 Å². The average molecular weight is 434 g/mol. The van der Waals surface area contributed by atoms with Crippen LogP contribution in [-0.2, 0) is 0 Å². The zero-order valence-corrected chi connectivity index (χ0v) is 17.4. The van der Waals surface area contributed by atoms with Crippen molar-refractivity contribution >= 4 is 17.2 Å². The Bertz CT molecular complexity index is 1190. The quantitative estimate of drug-likeness (QED) is 0.451. The number of hydrogen-bond donors (Lipinski definition) is 0. The predicted octanol–water partition coefficient (Wildman–Crippen LogP) is 5.02. The summed E-state index contributed by atoms with van der Waals surface area (Å²) in [4.78, 5) is 25.5. The summed E-state index contributed by atoms with van der Waals surface area (Å²) in [6.07, 6.45) is 3.48. The van der Waals surface area contributed by atoms with E-state index in [-0.39, 0.29) is 17.6 Å². The van der Waals surface area contributed by atoms with Crippen LogP contribution in [0, 0.1) is 5.82 Å². The molecule has 0 saturated carbocycles. The third-order valence-electron chi connectivity index (χ3n) is 5.34. The van der Waals surface area contributed by atoms with Crippen LogP contribution >= 0.6 is 11.3 Å². The molecule has 0 aliphatic carbocycles. The molecule has 4 heterocycles. The molecule has 0 bridgehead atoms. The summed E-state index contributed by atoms with van der Waals surface area (Å²) >= 11 is 1.45. The molecule has 5 rings (SSSR count). The van der Waals surface area contributed by atoms with E-state index in [2.05, 4.69) is 15.1 Å². The summed E-state index contributed by atoms with van der Waals surface area (Å²) in [6.45, 7) is 1.23. The standard InChI is InChI=1S/C23H19FN4O2S/c24-17-8-6-15(7-9-17)21-26-22(30-27-21)16-4-3-13-28(14-16)23(29)20-11-10-19(31-20)18-5-1-2-12-25-18/h1-2,5-12,16H,3-4,13-14H2/t16-/m0/s1. The van der Waals surface area contributed by atoms with E-state index in [1.165, 1.54) is 23.5 Å². The highest BCUT2D eigenvalue weighted by atomic mass is 32.1. The molecule has 1 aliphatic rings. The molecule has 0 unspecified atom stereocenters. The minimum atomic E-state index is -0.311. The minimum Gasteiger partial charge on any atom is -0.339 e. The zero-order valence-electron chi connectivity index (χ0n) is 16.6. The van der Waals surface area contributed by atoms with Crippen molar-refractivity contribution in [3.8, 4) is 22.0 Å². The van der Waals surface area contributed by atoms with Gasteiger partial charge in [0.15, 0.2) is 0 Å². The first-order valence-electron chi connectivity index (χ1n) is 10.1. The molecular weight excluding hydrogens is 415 g/mol. The first kappa shape index (κ1) is 19.6. The number of benzene rings is 1. The smallest absolute Gasteiger partial charge is 0.263 e. The second kappa shape index (κ2) is 8.39. The largest absolute Gasteiger partial charge is 0.339 e. The maximum absolute atomic E-state index is 13.2. The Balaban J connectivity index is 1.30. The second-order valence-electron chi connectivity index (χ2n) is 7.43. The lowest BCUT2D eigenvalue weighted by Gasteiger charge is -2.30. The van der Waals surface area contributed by atoms with E-state index in [4.69, 9.17) is 4.52 Å². The first-order chi connectivity index (χ1) is 15.2. The van der Waals surface area contributed by atoms with Gasteiger partial charge < -0.3 is 9.42 Å². The summed E-state index contributed by atoms with van der Waals surface area (Å²) in [5.74, 6) is 0.618. The predicted molar refractivity (Wildman–Crippen MR) is 115 cm³/mol. The summed E-state index contributed by atoms with van der Waals surface area (Å²) in [5, 5.41) is 4.04. The maximum atomic E-state index is 13.2. The van der Waals surface area contributed by atoms with Crippen molar-refractivity contribution in [3.05, 3.63) is 77.4 Å². The summed E-state index contributed by atoms with van der Waals surface area (Å²) < 4.78 is 18.6. The Morgan fingerprint density at radius 1 is 1.13 bits per heavy atom. The molecule has 1 amide bonds. The van der Waals surface area contributed by atoms with Gasteiger partial charge in [-0.3, -0.25) is 9.78 Å². The highest BCUT2D eigenvalue weighted by Crippen LogP contribution is 2.31. The van der Waals surface area contributed by atoms with E-state index in [1.807, 2.05) is 35.2 Å². The molecule has 156 valence electrons. The lowest BCUT2D eigenvalue weighted by Crippen LogP contribution is -2.38. The molecule has 1 saturated heterocycles. The highest BCUT2D eigenvalue weighted by Gasteiger charge is 2.30. The van der Waals surface area contributed by atoms with Crippen LogP contribution in [0.2, 0.25) is 0 Å². The Morgan fingerprint density at radius 2 is 2.00 bits per heavy atom. The van der Waals surface area contributed by atoms with E-state index in [0.717, 1.165) is 23.4 Å². The number of rotatable bonds is 4. The number of thiophene rings is 1. The van der Waals surface area contributed by atoms with Gasteiger partial charge in [0.05, 0.1) is 21.4 Å². The van der Waals surface area contributed by atoms with Crippen molar-refractivity contribution < 1.29 is 13.7 Å². The van der Waals surface area contributed by atoms with Crippen LogP contribution in [0.3, 0.4) is 0 Å². The van der Waals surface area contributed by atoms with E-state index in [1.54, 1.807) is 18.3 Å². The van der Waals surface area contributed by atoms with Crippen molar-refractivity contribution in [2.24, 2.45) is 0 Å². The average Bonchev–Trinajstić information content (AvgIpc) is 3.50. The lowest BCUT2D eigenvalue weighted by atomic mass is 9.98. The number of aromatic nitrogens is 3. The van der Waals surface area contributed by atoms with Crippen molar-refractivity contribution in [2.75, 3.05) is 13.1 Å². The second-order valence-corrected chi connectivity index (χ2v) is 8.52. The van der Waals surface area contributed by atoms with Crippen LogP contribution in [0.4, 0.5) is 4.39 Å². The van der Waals surface area contributed by atoms with Gasteiger partial charge in [0.25, 0.3) is 5.91 Å². The molecule has 1 fully saturated rings. The number of pyridine rings is 1. The zero-order chi connectivity index (χ0) is 21.2. The molecular formula is C23H19FN4O2S. The lowest BCUT2D eigenvalue weighted by molar-refractivity contribution is 0.0700. The number of halogens is 1. The van der Waals surface area contributed by atoms with Gasteiger partial charge in [-0.1, -0.05) is 11.2 Å². The van der Waals surface area contributed by atoms with E-state index >= 15 is 0 Å². The Hall–Kier alpha value is -3.39. The molecule has 4 aromatic rings. The van der Waals surface area contributed by atoms with Gasteiger partial charge in [0.1, 0.15) is 5.82 Å². The molecule has 0 radical (unpaired) electrons. The fourth-order valence-corrected chi connectivity index (χ4v) is 4.69. The van der Waals surface area contributed by atoms with Gasteiger partial charge in [-0.15, -0.1) is 11.3 Å². The number of carbonyl (C=O) groups excluding carboxylic acids is 1. The van der Waals surface area contributed by atoms with Crippen LogP contribution in [0.15, 0.2) is 65.3 Å². The highest BCUT2D eigenvalue weighted by molar-refractivity contribution is 7.17. The Labute approximate surface area is 182 Å². The van der Waals surface area contributed by atoms with Gasteiger partial charge in [-0.2, -0.15) is 4.98 Å². The number of hydrogen-bond acceptors (Lipinski definition) is 6. The van der Waals surface area contributed by atoms with Gasteiger partial charge in [-0.05, 0) is 61.4 Å². The van der Waals surface area contributed by atoms with E-state index < -0.39 is 0 Å². The van der Waals surface area contributed by atoms with Crippen molar-refractivity contribution in [1.82, 2.24) is 20.0 Å². The monoisotopic (exact) mass is 434 g/mol. The molecule has 31 heavy (non-hydrogen) atoms. The van der Waals surface area contributed by atoms with E-state index in [9.17, 15) is 9.18 Å². The number of nitrogens with zero attached hydrogens (tertiary/aromatic N) is 4. The van der Waals surface area contributed by atoms with Crippen LogP contribution in [0.5, 0.6) is 0 Å². The van der Waals surface area contributed by atoms with Gasteiger partial charge in [0, 0.05) is 24.8 Å². The third kappa shape index (κ3) is 4.11. The number of carbonyl (C=O) groups is 1. The number of piperidine rings is 1. The topological polar surface area (TPSA) is 72.1 Å². The fourth-order valence-electron chi connectivity index (χ4n) is 3.74. The third-order valence-corrected chi connectivity index (χ3v) is 6.43. The molecule has 6 nitrogen and oxygen atoms in total. The minimum absolute atomic E-state index is 0.00940. The van der Waals surface area contributed by atoms with Crippen LogP contribution in [0.25, 0.3) is 22.0 Å². The van der Waals surface area contributed by atoms with Crippen molar-refractivity contribution in [3.63, 3.8) is 0 Å². The van der Waals surface area contributed by atoms with Crippen molar-refractivity contribution in [1.29, 1.82) is 0 Å². The molecule has 1 aliphatic heterocycles. The Morgan fingerprint density at radius 3 is 2.81 bits per heavy atom. The van der Waals surface area contributed by atoms with Crippen LogP contribution in [0.1, 0.15) is 34.3 Å². The Kier molecular flexibility index (Phi) is 5.30. The molecule has 0 spiro atoms. The first-order valence-corrected chi connectivity index (χ1v) is 10.9.